The maximum absolute atomic E-state index is 14.4. The van der Waals surface area contributed by atoms with Crippen molar-refractivity contribution in [3.05, 3.63) is 84.2 Å². The minimum atomic E-state index is -4.37. The van der Waals surface area contributed by atoms with Gasteiger partial charge in [-0.25, -0.2) is 14.4 Å². The van der Waals surface area contributed by atoms with Crippen LogP contribution < -0.4 is 9.80 Å². The van der Waals surface area contributed by atoms with Gasteiger partial charge in [0.25, 0.3) is 0 Å². The van der Waals surface area contributed by atoms with E-state index in [0.717, 1.165) is 11.5 Å². The Morgan fingerprint density at radius 3 is 2.18 bits per heavy atom. The molecule has 1 aliphatic rings. The molecule has 1 saturated heterocycles. The molecule has 0 N–H and O–H groups in total. The van der Waals surface area contributed by atoms with E-state index in [1.54, 1.807) is 24.3 Å². The van der Waals surface area contributed by atoms with Gasteiger partial charge in [0.15, 0.2) is 5.82 Å². The second kappa shape index (κ2) is 8.35. The van der Waals surface area contributed by atoms with E-state index in [2.05, 4.69) is 9.88 Å². The Morgan fingerprint density at radius 1 is 0.727 bits per heavy atom. The molecule has 0 aliphatic carbocycles. The molecule has 0 spiro atoms. The van der Waals surface area contributed by atoms with Crippen molar-refractivity contribution >= 4 is 22.4 Å². The lowest BCUT2D eigenvalue weighted by molar-refractivity contribution is -0.137. The van der Waals surface area contributed by atoms with E-state index in [-0.39, 0.29) is 0 Å². The molecule has 5 rings (SSSR count). The summed E-state index contributed by atoms with van der Waals surface area (Å²) in [4.78, 5) is 13.3. The van der Waals surface area contributed by atoms with Gasteiger partial charge in [-0.15, -0.1) is 0 Å². The summed E-state index contributed by atoms with van der Waals surface area (Å²) in [5.74, 6) is 0.609. The number of piperazine rings is 1. The van der Waals surface area contributed by atoms with E-state index >= 15 is 0 Å². The number of benzene rings is 3. The lowest BCUT2D eigenvalue weighted by Crippen LogP contribution is -2.47. The van der Waals surface area contributed by atoms with Gasteiger partial charge in [-0.3, -0.25) is 0 Å². The average Bonchev–Trinajstić information content (AvgIpc) is 2.83. The predicted molar refractivity (Wildman–Crippen MR) is 121 cm³/mol. The molecule has 1 aromatic heterocycles. The third-order valence-electron chi connectivity index (χ3n) is 5.82. The number of anilines is 2. The fraction of sp³-hybridized carbons (Fsp3) is 0.200. The molecule has 0 amide bonds. The van der Waals surface area contributed by atoms with E-state index in [4.69, 9.17) is 4.98 Å². The molecule has 1 aliphatic heterocycles. The number of fused-ring (bicyclic) bond motifs is 1. The van der Waals surface area contributed by atoms with Crippen LogP contribution in [0.3, 0.4) is 0 Å². The minimum Gasteiger partial charge on any atom is -0.368 e. The number of aromatic nitrogens is 2. The zero-order valence-corrected chi connectivity index (χ0v) is 17.6. The standard InChI is InChI=1S/C25H20F4N4/c26-21-10-3-1-8-19(21)23-30-22-11-4-2-9-20(22)24(31-23)33-14-12-32(13-15-33)18-7-5-6-17(16-18)25(27,28)29/h1-11,16H,12-15H2. The van der Waals surface area contributed by atoms with Crippen LogP contribution in [-0.2, 0) is 6.18 Å². The Balaban J connectivity index is 1.45. The van der Waals surface area contributed by atoms with E-state index < -0.39 is 17.6 Å². The van der Waals surface area contributed by atoms with Crippen molar-refractivity contribution in [2.75, 3.05) is 36.0 Å². The summed E-state index contributed by atoms with van der Waals surface area (Å²) in [6.07, 6.45) is -4.37. The lowest BCUT2D eigenvalue weighted by atomic mass is 10.1. The molecule has 0 unspecified atom stereocenters. The Bertz CT molecular complexity index is 1300. The van der Waals surface area contributed by atoms with Gasteiger partial charge in [0, 0.05) is 37.3 Å². The molecular weight excluding hydrogens is 432 g/mol. The van der Waals surface area contributed by atoms with Gasteiger partial charge in [0.1, 0.15) is 11.6 Å². The van der Waals surface area contributed by atoms with Crippen molar-refractivity contribution in [3.63, 3.8) is 0 Å². The maximum Gasteiger partial charge on any atom is 0.416 e. The van der Waals surface area contributed by atoms with Gasteiger partial charge in [-0.2, -0.15) is 13.2 Å². The van der Waals surface area contributed by atoms with Gasteiger partial charge in [-0.05, 0) is 42.5 Å². The summed E-state index contributed by atoms with van der Waals surface area (Å²) in [5, 5.41) is 0.852. The van der Waals surface area contributed by atoms with Gasteiger partial charge < -0.3 is 9.80 Å². The molecular formula is C25H20F4N4. The number of hydrogen-bond donors (Lipinski definition) is 0. The normalized spacial score (nSPS) is 14.7. The largest absolute Gasteiger partial charge is 0.416 e. The quantitative estimate of drug-likeness (QED) is 0.369. The molecule has 4 nitrogen and oxygen atoms in total. The highest BCUT2D eigenvalue weighted by Crippen LogP contribution is 2.33. The van der Waals surface area contributed by atoms with Crippen LogP contribution in [0, 0.1) is 5.82 Å². The van der Waals surface area contributed by atoms with Crippen molar-refractivity contribution in [1.29, 1.82) is 0 Å². The molecule has 0 radical (unpaired) electrons. The zero-order chi connectivity index (χ0) is 23.0. The maximum atomic E-state index is 14.4. The van der Waals surface area contributed by atoms with E-state index in [1.807, 2.05) is 29.2 Å². The second-order valence-corrected chi connectivity index (χ2v) is 7.89. The van der Waals surface area contributed by atoms with E-state index in [0.29, 0.717) is 54.6 Å². The molecule has 33 heavy (non-hydrogen) atoms. The smallest absolute Gasteiger partial charge is 0.368 e. The minimum absolute atomic E-state index is 0.308. The fourth-order valence-electron chi connectivity index (χ4n) is 4.12. The molecule has 168 valence electrons. The van der Waals surface area contributed by atoms with Crippen LogP contribution in [0.2, 0.25) is 0 Å². The van der Waals surface area contributed by atoms with Crippen LogP contribution in [0.5, 0.6) is 0 Å². The number of para-hydroxylation sites is 1. The summed E-state index contributed by atoms with van der Waals surface area (Å²) in [5.41, 5.74) is 0.927. The van der Waals surface area contributed by atoms with Gasteiger partial charge in [0.2, 0.25) is 0 Å². The molecule has 2 heterocycles. The van der Waals surface area contributed by atoms with Gasteiger partial charge in [-0.1, -0.05) is 30.3 Å². The molecule has 3 aromatic carbocycles. The number of nitrogens with zero attached hydrogens (tertiary/aromatic N) is 4. The average molecular weight is 452 g/mol. The summed E-state index contributed by atoms with van der Waals surface area (Å²) < 4.78 is 53.7. The second-order valence-electron chi connectivity index (χ2n) is 7.89. The van der Waals surface area contributed by atoms with Crippen molar-refractivity contribution in [2.24, 2.45) is 0 Å². The summed E-state index contributed by atoms with van der Waals surface area (Å²) in [6.45, 7) is 2.20. The molecule has 4 aromatic rings. The first-order valence-corrected chi connectivity index (χ1v) is 10.6. The van der Waals surface area contributed by atoms with E-state index in [9.17, 15) is 17.6 Å². The summed E-state index contributed by atoms with van der Waals surface area (Å²) >= 11 is 0. The van der Waals surface area contributed by atoms with Crippen LogP contribution in [-0.4, -0.2) is 36.1 Å². The third kappa shape index (κ3) is 4.20. The molecule has 0 bridgehead atoms. The Morgan fingerprint density at radius 2 is 1.42 bits per heavy atom. The third-order valence-corrected chi connectivity index (χ3v) is 5.82. The Kier molecular flexibility index (Phi) is 5.36. The van der Waals surface area contributed by atoms with Crippen molar-refractivity contribution in [1.82, 2.24) is 9.97 Å². The number of halogens is 4. The Labute approximate surface area is 188 Å². The van der Waals surface area contributed by atoms with Crippen molar-refractivity contribution in [2.45, 2.75) is 6.18 Å². The zero-order valence-electron chi connectivity index (χ0n) is 17.6. The van der Waals surface area contributed by atoms with E-state index in [1.165, 1.54) is 18.2 Å². The van der Waals surface area contributed by atoms with Gasteiger partial charge in [0.05, 0.1) is 16.6 Å². The first-order valence-electron chi connectivity index (χ1n) is 10.6. The van der Waals surface area contributed by atoms with Crippen molar-refractivity contribution in [3.8, 4) is 11.4 Å². The Hall–Kier alpha value is -3.68. The molecule has 0 saturated carbocycles. The highest BCUT2D eigenvalue weighted by molar-refractivity contribution is 5.91. The van der Waals surface area contributed by atoms with Crippen LogP contribution in [0.4, 0.5) is 29.1 Å². The number of hydrogen-bond acceptors (Lipinski definition) is 4. The topological polar surface area (TPSA) is 32.3 Å². The summed E-state index contributed by atoms with van der Waals surface area (Å²) in [7, 11) is 0. The molecule has 8 heteroatoms. The first-order chi connectivity index (χ1) is 15.9. The molecule has 1 fully saturated rings. The van der Waals surface area contributed by atoms with Crippen LogP contribution in [0.25, 0.3) is 22.3 Å². The number of rotatable bonds is 3. The first kappa shape index (κ1) is 21.2. The fourth-order valence-corrected chi connectivity index (χ4v) is 4.12. The van der Waals surface area contributed by atoms with Crippen LogP contribution >= 0.6 is 0 Å². The van der Waals surface area contributed by atoms with Crippen LogP contribution in [0.1, 0.15) is 5.56 Å². The monoisotopic (exact) mass is 452 g/mol. The lowest BCUT2D eigenvalue weighted by Gasteiger charge is -2.37. The SMILES string of the molecule is Fc1ccccc1-c1nc(N2CCN(c3cccc(C(F)(F)F)c3)CC2)c2ccccc2n1. The summed E-state index contributed by atoms with van der Waals surface area (Å²) in [6, 6.07) is 19.3. The number of alkyl halides is 3. The predicted octanol–water partition coefficient (Wildman–Crippen LogP) is 5.78. The van der Waals surface area contributed by atoms with Gasteiger partial charge >= 0.3 is 6.18 Å². The highest BCUT2D eigenvalue weighted by Gasteiger charge is 2.31. The van der Waals surface area contributed by atoms with Crippen LogP contribution in [0.15, 0.2) is 72.8 Å². The molecule has 0 atom stereocenters. The van der Waals surface area contributed by atoms with Crippen molar-refractivity contribution < 1.29 is 17.6 Å². The highest BCUT2D eigenvalue weighted by atomic mass is 19.4.